The molecule has 0 aromatic heterocycles. The number of rotatable bonds is 10. The van der Waals surface area contributed by atoms with Gasteiger partial charge >= 0.3 is 5.97 Å². The van der Waals surface area contributed by atoms with Crippen molar-refractivity contribution in [1.82, 2.24) is 4.90 Å². The summed E-state index contributed by atoms with van der Waals surface area (Å²) in [4.78, 5) is 29.1. The first kappa shape index (κ1) is 25.7. The zero-order valence-electron chi connectivity index (χ0n) is 20.5. The Morgan fingerprint density at radius 3 is 2.47 bits per heavy atom. The highest BCUT2D eigenvalue weighted by Gasteiger charge is 2.35. The molecule has 0 radical (unpaired) electrons. The molecule has 1 fully saturated rings. The Kier molecular flexibility index (Phi) is 9.07. The molecule has 1 heterocycles. The van der Waals surface area contributed by atoms with Gasteiger partial charge in [-0.1, -0.05) is 43.7 Å². The summed E-state index contributed by atoms with van der Waals surface area (Å²) in [6.45, 7) is 4.88. The fourth-order valence-corrected chi connectivity index (χ4v) is 4.14. The lowest BCUT2D eigenvalue weighted by Gasteiger charge is -2.38. The second kappa shape index (κ2) is 12.0. The maximum Gasteiger partial charge on any atom is 0.341 e. The summed E-state index contributed by atoms with van der Waals surface area (Å²) in [5.41, 5.74) is 1.04. The zero-order valence-corrected chi connectivity index (χ0v) is 20.5. The molecule has 1 N–H and O–H groups in total. The van der Waals surface area contributed by atoms with E-state index in [1.54, 1.807) is 25.2 Å². The van der Waals surface area contributed by atoms with Crippen molar-refractivity contribution in [2.24, 2.45) is 0 Å². The number of benzene rings is 2. The van der Waals surface area contributed by atoms with Crippen molar-refractivity contribution < 1.29 is 24.2 Å². The Hall–Kier alpha value is -2.90. The van der Waals surface area contributed by atoms with Gasteiger partial charge in [0.2, 0.25) is 5.91 Å². The molecule has 2 aromatic carbocycles. The number of piperidine rings is 1. The van der Waals surface area contributed by atoms with E-state index in [1.165, 1.54) is 17.6 Å². The van der Waals surface area contributed by atoms with Gasteiger partial charge in [0.1, 0.15) is 11.3 Å². The lowest BCUT2D eigenvalue weighted by Crippen LogP contribution is -2.47. The molecule has 184 valence electrons. The summed E-state index contributed by atoms with van der Waals surface area (Å²) >= 11 is 0. The highest BCUT2D eigenvalue weighted by molar-refractivity contribution is 5.97. The predicted molar refractivity (Wildman–Crippen MR) is 132 cm³/mol. The largest absolute Gasteiger partial charge is 0.493 e. The first-order chi connectivity index (χ1) is 16.3. The molecule has 1 aliphatic rings. The molecule has 34 heavy (non-hydrogen) atoms. The Balaban J connectivity index is 1.61. The van der Waals surface area contributed by atoms with Crippen LogP contribution in [0.5, 0.6) is 5.75 Å². The van der Waals surface area contributed by atoms with Gasteiger partial charge in [-0.2, -0.15) is 0 Å². The fourth-order valence-electron chi connectivity index (χ4n) is 4.14. The lowest BCUT2D eigenvalue weighted by atomic mass is 9.87. The number of amides is 1. The van der Waals surface area contributed by atoms with E-state index in [1.807, 2.05) is 18.2 Å². The molecule has 3 rings (SSSR count). The lowest BCUT2D eigenvalue weighted by molar-refractivity contribution is -0.125. The number of carbonyl (C=O) groups excluding carboxylic acids is 2. The van der Waals surface area contributed by atoms with Gasteiger partial charge < -0.3 is 19.5 Å². The van der Waals surface area contributed by atoms with Crippen molar-refractivity contribution in [2.45, 2.75) is 51.2 Å². The minimum Gasteiger partial charge on any atom is -0.493 e. The van der Waals surface area contributed by atoms with Crippen molar-refractivity contribution in [3.63, 3.8) is 0 Å². The summed E-state index contributed by atoms with van der Waals surface area (Å²) in [6, 6.07) is 15.3. The number of anilines is 1. The summed E-state index contributed by atoms with van der Waals surface area (Å²) in [6.07, 6.45) is 2.97. The Morgan fingerprint density at radius 2 is 1.82 bits per heavy atom. The van der Waals surface area contributed by atoms with Gasteiger partial charge in [0.25, 0.3) is 0 Å². The molecular weight excluding hydrogens is 432 g/mol. The molecule has 7 heteroatoms. The number of hydrogen-bond donors (Lipinski definition) is 1. The molecule has 1 amide bonds. The van der Waals surface area contributed by atoms with Crippen LogP contribution in [0.15, 0.2) is 48.5 Å². The number of unbranched alkanes of at least 4 members (excludes halogenated alkanes) is 1. The van der Waals surface area contributed by atoms with Gasteiger partial charge in [0, 0.05) is 32.4 Å². The molecule has 0 saturated carbocycles. The number of nitrogens with zero attached hydrogens (tertiary/aromatic N) is 2. The molecule has 7 nitrogen and oxygen atoms in total. The number of aliphatic hydroxyl groups is 1. The number of hydrogen-bond acceptors (Lipinski definition) is 6. The molecular formula is C27H36N2O5. The third-order valence-corrected chi connectivity index (χ3v) is 6.40. The van der Waals surface area contributed by atoms with Crippen molar-refractivity contribution in [3.8, 4) is 5.75 Å². The topological polar surface area (TPSA) is 79.3 Å². The van der Waals surface area contributed by atoms with E-state index < -0.39 is 11.6 Å². The number of methoxy groups -OCH3 is 1. The Labute approximate surface area is 202 Å². The molecule has 1 saturated heterocycles. The monoisotopic (exact) mass is 468 g/mol. The molecule has 0 atom stereocenters. The van der Waals surface area contributed by atoms with Crippen molar-refractivity contribution in [1.29, 1.82) is 0 Å². The minimum atomic E-state index is -1.03. The average Bonchev–Trinajstić information content (AvgIpc) is 2.85. The van der Waals surface area contributed by atoms with Crippen molar-refractivity contribution in [3.05, 3.63) is 59.7 Å². The summed E-state index contributed by atoms with van der Waals surface area (Å²) < 4.78 is 10.6. The van der Waals surface area contributed by atoms with Gasteiger partial charge in [-0.15, -0.1) is 0 Å². The molecule has 0 unspecified atom stereocenters. The fraction of sp³-hybridized carbons (Fsp3) is 0.481. The predicted octanol–water partition coefficient (Wildman–Crippen LogP) is 4.03. The van der Waals surface area contributed by atoms with Gasteiger partial charge in [0.05, 0.1) is 25.7 Å². The summed E-state index contributed by atoms with van der Waals surface area (Å²) in [7, 11) is 2.98. The highest BCUT2D eigenvalue weighted by atomic mass is 16.5. The normalized spacial score (nSPS) is 15.5. The van der Waals surface area contributed by atoms with Gasteiger partial charge in [-0.3, -0.25) is 9.69 Å². The maximum absolute atomic E-state index is 13.0. The van der Waals surface area contributed by atoms with E-state index in [-0.39, 0.29) is 17.9 Å². The van der Waals surface area contributed by atoms with Gasteiger partial charge in [0.15, 0.2) is 0 Å². The highest BCUT2D eigenvalue weighted by Crippen LogP contribution is 2.30. The van der Waals surface area contributed by atoms with Crippen LogP contribution in [0.2, 0.25) is 0 Å². The molecule has 1 aliphatic heterocycles. The van der Waals surface area contributed by atoms with Crippen LogP contribution in [-0.2, 0) is 16.1 Å². The van der Waals surface area contributed by atoms with Crippen LogP contribution in [0.25, 0.3) is 0 Å². The zero-order chi connectivity index (χ0) is 24.6. The van der Waals surface area contributed by atoms with Gasteiger partial charge in [-0.25, -0.2) is 4.79 Å². The van der Waals surface area contributed by atoms with E-state index in [2.05, 4.69) is 24.0 Å². The number of likely N-dealkylation sites (tertiary alicyclic amines) is 1. The van der Waals surface area contributed by atoms with E-state index in [0.717, 1.165) is 32.5 Å². The van der Waals surface area contributed by atoms with Gasteiger partial charge in [-0.05, 0) is 43.0 Å². The molecule has 0 bridgehead atoms. The SMILES string of the molecule is CCCCOc1ccc(N(C)C(=O)CC2(O)CCN(Cc3ccccc3)CC2)cc1C(=O)OC. The Bertz CT molecular complexity index is 955. The second-order valence-corrected chi connectivity index (χ2v) is 8.99. The van der Waals surface area contributed by atoms with Crippen LogP contribution in [-0.4, -0.2) is 61.3 Å². The molecule has 0 spiro atoms. The Morgan fingerprint density at radius 1 is 1.12 bits per heavy atom. The average molecular weight is 469 g/mol. The van der Waals surface area contributed by atoms with E-state index in [4.69, 9.17) is 9.47 Å². The molecule has 0 aliphatic carbocycles. The summed E-state index contributed by atoms with van der Waals surface area (Å²) in [5.74, 6) is -0.276. The summed E-state index contributed by atoms with van der Waals surface area (Å²) in [5, 5.41) is 11.1. The van der Waals surface area contributed by atoms with Crippen molar-refractivity contribution in [2.75, 3.05) is 38.8 Å². The number of carbonyl (C=O) groups is 2. The second-order valence-electron chi connectivity index (χ2n) is 8.99. The molecule has 2 aromatic rings. The van der Waals surface area contributed by atoms with E-state index in [9.17, 15) is 14.7 Å². The quantitative estimate of drug-likeness (QED) is 0.419. The number of esters is 1. The first-order valence-corrected chi connectivity index (χ1v) is 12.0. The van der Waals surface area contributed by atoms with Crippen molar-refractivity contribution >= 4 is 17.6 Å². The third-order valence-electron chi connectivity index (χ3n) is 6.40. The van der Waals surface area contributed by atoms with E-state index in [0.29, 0.717) is 30.9 Å². The number of ether oxygens (including phenoxy) is 2. The van der Waals surface area contributed by atoms with Crippen LogP contribution in [0.4, 0.5) is 5.69 Å². The van der Waals surface area contributed by atoms with Crippen LogP contribution < -0.4 is 9.64 Å². The van der Waals surface area contributed by atoms with Crippen LogP contribution in [0, 0.1) is 0 Å². The first-order valence-electron chi connectivity index (χ1n) is 12.0. The minimum absolute atomic E-state index is 0.0327. The standard InChI is InChI=1S/C27H36N2O5/c1-4-5-17-34-24-12-11-22(18-23(24)26(31)33-3)28(2)25(30)19-27(32)13-15-29(16-14-27)20-21-9-7-6-8-10-21/h6-12,18,32H,4-5,13-17,19-20H2,1-3H3. The third kappa shape index (κ3) is 6.81. The van der Waals surface area contributed by atoms with Crippen LogP contribution in [0.3, 0.4) is 0 Å². The van der Waals surface area contributed by atoms with E-state index >= 15 is 0 Å². The van der Waals surface area contributed by atoms with Crippen LogP contribution >= 0.6 is 0 Å². The van der Waals surface area contributed by atoms with Crippen LogP contribution in [0.1, 0.15) is 54.9 Å². The maximum atomic E-state index is 13.0. The smallest absolute Gasteiger partial charge is 0.341 e.